The largest absolute Gasteiger partial charge is 0.491 e. The third kappa shape index (κ3) is 9.36. The number of aliphatic hydroxyl groups is 1. The summed E-state index contributed by atoms with van der Waals surface area (Å²) in [6.45, 7) is 2.06. The Balaban J connectivity index is 1.86. The van der Waals surface area contributed by atoms with E-state index >= 15 is 0 Å². The molecule has 0 heterocycles. The molecule has 3 aromatic rings. The first-order chi connectivity index (χ1) is 18.0. The molecule has 1 amide bonds. The number of carbonyl (C=O) groups is 2. The number of hydrogen-bond donors (Lipinski definition) is 3. The Morgan fingerprint density at radius 1 is 0.919 bits per heavy atom. The number of aryl methyl sites for hydroxylation is 1. The summed E-state index contributed by atoms with van der Waals surface area (Å²) in [5.74, 6) is 0.632. The first kappa shape index (κ1) is 27.9. The molecule has 0 bridgehead atoms. The number of benzene rings is 3. The molecule has 3 rings (SSSR count). The second-order valence-electron chi connectivity index (χ2n) is 8.09. The van der Waals surface area contributed by atoms with E-state index < -0.39 is 24.3 Å². The second-order valence-corrected chi connectivity index (χ2v) is 8.41. The van der Waals surface area contributed by atoms with Crippen molar-refractivity contribution < 1.29 is 33.6 Å². The van der Waals surface area contributed by atoms with E-state index in [9.17, 15) is 9.59 Å². The molecule has 0 spiro atoms. The van der Waals surface area contributed by atoms with Gasteiger partial charge >= 0.3 is 12.1 Å². The smallest absolute Gasteiger partial charge is 0.412 e. The molecule has 0 saturated carbocycles. The molecule has 37 heavy (non-hydrogen) atoms. The maximum atomic E-state index is 12.9. The minimum atomic E-state index is -0.854. The molecule has 3 aromatic carbocycles. The normalized spacial score (nSPS) is 12.2. The Hall–Kier alpha value is -3.69. The Bertz CT molecular complexity index is 1110. The van der Waals surface area contributed by atoms with Crippen LogP contribution in [0.1, 0.15) is 23.7 Å². The van der Waals surface area contributed by atoms with Gasteiger partial charge in [-0.25, -0.2) is 4.79 Å². The van der Waals surface area contributed by atoms with Crippen molar-refractivity contribution in [2.45, 2.75) is 25.6 Å². The van der Waals surface area contributed by atoms with Gasteiger partial charge in [-0.1, -0.05) is 48.0 Å². The molecule has 0 aliphatic rings. The zero-order valence-electron chi connectivity index (χ0n) is 20.5. The fourth-order valence-corrected chi connectivity index (χ4v) is 3.55. The molecule has 0 unspecified atom stereocenters. The van der Waals surface area contributed by atoms with E-state index in [2.05, 4.69) is 17.9 Å². The molecule has 0 aliphatic carbocycles. The average Bonchev–Trinajstić information content (AvgIpc) is 2.92. The highest BCUT2D eigenvalue weighted by atomic mass is 32.1. The molecular formula is C28H31NO7S. The van der Waals surface area contributed by atoms with Crippen LogP contribution < -0.4 is 14.8 Å². The Morgan fingerprint density at radius 2 is 1.62 bits per heavy atom. The van der Waals surface area contributed by atoms with Gasteiger partial charge in [-0.15, -0.1) is 0 Å². The molecule has 2 atom stereocenters. The van der Waals surface area contributed by atoms with Gasteiger partial charge in [0.15, 0.2) is 6.10 Å². The van der Waals surface area contributed by atoms with Crippen LogP contribution in [0.5, 0.6) is 11.5 Å². The van der Waals surface area contributed by atoms with E-state index in [0.29, 0.717) is 22.7 Å². The van der Waals surface area contributed by atoms with Crippen LogP contribution in [0.15, 0.2) is 78.9 Å². The first-order valence-corrected chi connectivity index (χ1v) is 12.5. The fourth-order valence-electron chi connectivity index (χ4n) is 3.46. The highest BCUT2D eigenvalue weighted by Crippen LogP contribution is 2.30. The SMILES string of the molecule is Cc1ccc(NC(=O)O[C@@H](c2ccc(OCCO)cc2)[C@H](CCOC(=O)CS)Oc2ccccc2)cc1. The summed E-state index contributed by atoms with van der Waals surface area (Å²) in [4.78, 5) is 24.6. The van der Waals surface area contributed by atoms with E-state index in [4.69, 9.17) is 24.1 Å². The van der Waals surface area contributed by atoms with Crippen LogP contribution in [0, 0.1) is 6.92 Å². The van der Waals surface area contributed by atoms with E-state index in [0.717, 1.165) is 5.56 Å². The second kappa shape index (κ2) is 14.8. The summed E-state index contributed by atoms with van der Waals surface area (Å²) >= 11 is 3.94. The van der Waals surface area contributed by atoms with E-state index in [1.807, 2.05) is 37.3 Å². The number of hydrogen-bond acceptors (Lipinski definition) is 8. The van der Waals surface area contributed by atoms with Crippen molar-refractivity contribution in [2.75, 3.05) is 30.9 Å². The van der Waals surface area contributed by atoms with Crippen LogP contribution in [0.4, 0.5) is 10.5 Å². The third-order valence-electron chi connectivity index (χ3n) is 5.26. The number of rotatable bonds is 13. The summed E-state index contributed by atoms with van der Waals surface area (Å²) in [7, 11) is 0. The summed E-state index contributed by atoms with van der Waals surface area (Å²) in [5.41, 5.74) is 2.30. The van der Waals surface area contributed by atoms with Gasteiger partial charge in [0.25, 0.3) is 0 Å². The summed E-state index contributed by atoms with van der Waals surface area (Å²) in [6, 6.07) is 23.4. The predicted molar refractivity (Wildman–Crippen MR) is 143 cm³/mol. The van der Waals surface area contributed by atoms with Gasteiger partial charge in [-0.05, 0) is 48.9 Å². The fraction of sp³-hybridized carbons (Fsp3) is 0.286. The van der Waals surface area contributed by atoms with Crippen LogP contribution >= 0.6 is 12.6 Å². The van der Waals surface area contributed by atoms with Crippen molar-refractivity contribution in [1.29, 1.82) is 0 Å². The predicted octanol–water partition coefficient (Wildman–Crippen LogP) is 4.97. The summed E-state index contributed by atoms with van der Waals surface area (Å²) in [6.07, 6.45) is -1.96. The Kier molecular flexibility index (Phi) is 11.1. The number of amides is 1. The van der Waals surface area contributed by atoms with E-state index in [-0.39, 0.29) is 32.0 Å². The molecular weight excluding hydrogens is 494 g/mol. The maximum Gasteiger partial charge on any atom is 0.412 e. The molecule has 0 aromatic heterocycles. The Morgan fingerprint density at radius 3 is 2.27 bits per heavy atom. The van der Waals surface area contributed by atoms with Crippen LogP contribution in [0.3, 0.4) is 0 Å². The molecule has 0 saturated heterocycles. The monoisotopic (exact) mass is 525 g/mol. The number of carbonyl (C=O) groups excluding carboxylic acids is 2. The third-order valence-corrected chi connectivity index (χ3v) is 5.52. The zero-order chi connectivity index (χ0) is 26.5. The van der Waals surface area contributed by atoms with Crippen LogP contribution in [0.25, 0.3) is 0 Å². The van der Waals surface area contributed by atoms with Crippen molar-refractivity contribution in [3.8, 4) is 11.5 Å². The van der Waals surface area contributed by atoms with Gasteiger partial charge in [0.05, 0.1) is 19.0 Å². The number of esters is 1. The van der Waals surface area contributed by atoms with Gasteiger partial charge in [-0.2, -0.15) is 12.6 Å². The number of nitrogens with one attached hydrogen (secondary N) is 1. The molecule has 0 fully saturated rings. The number of thiol groups is 1. The van der Waals surface area contributed by atoms with Gasteiger partial charge in [-0.3, -0.25) is 10.1 Å². The van der Waals surface area contributed by atoms with Gasteiger partial charge in [0, 0.05) is 12.1 Å². The molecule has 0 aliphatic heterocycles. The van der Waals surface area contributed by atoms with Gasteiger partial charge < -0.3 is 24.1 Å². The van der Waals surface area contributed by atoms with Gasteiger partial charge in [0.1, 0.15) is 24.2 Å². The molecule has 8 nitrogen and oxygen atoms in total. The lowest BCUT2D eigenvalue weighted by Gasteiger charge is -2.28. The highest BCUT2D eigenvalue weighted by molar-refractivity contribution is 7.81. The number of aliphatic hydroxyl groups excluding tert-OH is 1. The van der Waals surface area contributed by atoms with Crippen molar-refractivity contribution in [1.82, 2.24) is 0 Å². The van der Waals surface area contributed by atoms with Gasteiger partial charge in [0.2, 0.25) is 0 Å². The topological polar surface area (TPSA) is 103 Å². The zero-order valence-corrected chi connectivity index (χ0v) is 21.4. The minimum Gasteiger partial charge on any atom is -0.491 e. The quantitative estimate of drug-likeness (QED) is 0.214. The van der Waals surface area contributed by atoms with Crippen molar-refractivity contribution in [3.63, 3.8) is 0 Å². The van der Waals surface area contributed by atoms with Crippen LogP contribution in [0.2, 0.25) is 0 Å². The minimum absolute atomic E-state index is 0.0433. The van der Waals surface area contributed by atoms with Crippen molar-refractivity contribution >= 4 is 30.4 Å². The standard InChI is InChI=1S/C28H31NO7S/c1-20-7-11-22(12-8-20)29-28(32)36-27(21-9-13-23(14-10-21)33-18-16-30)25(15-17-34-26(31)19-37)35-24-5-3-2-4-6-24/h2-14,25,27,30,37H,15-19H2,1H3,(H,29,32)/t25-,27-/m0/s1. The lowest BCUT2D eigenvalue weighted by atomic mass is 10.0. The summed E-state index contributed by atoms with van der Waals surface area (Å²) in [5, 5.41) is 11.8. The lowest BCUT2D eigenvalue weighted by Crippen LogP contribution is -2.32. The lowest BCUT2D eigenvalue weighted by molar-refractivity contribution is -0.141. The Labute approximate surface area is 221 Å². The van der Waals surface area contributed by atoms with E-state index in [1.54, 1.807) is 48.5 Å². The van der Waals surface area contributed by atoms with Crippen LogP contribution in [-0.4, -0.2) is 48.8 Å². The van der Waals surface area contributed by atoms with Crippen LogP contribution in [-0.2, 0) is 14.3 Å². The van der Waals surface area contributed by atoms with Crippen molar-refractivity contribution in [2.24, 2.45) is 0 Å². The molecule has 0 radical (unpaired) electrons. The molecule has 9 heteroatoms. The van der Waals surface area contributed by atoms with Crippen molar-refractivity contribution in [3.05, 3.63) is 90.0 Å². The average molecular weight is 526 g/mol. The molecule has 196 valence electrons. The number of anilines is 1. The number of para-hydroxylation sites is 1. The maximum absolute atomic E-state index is 12.9. The highest BCUT2D eigenvalue weighted by Gasteiger charge is 2.30. The summed E-state index contributed by atoms with van der Waals surface area (Å²) < 4.78 is 22.8. The first-order valence-electron chi connectivity index (χ1n) is 11.8. The number of ether oxygens (including phenoxy) is 4. The van der Waals surface area contributed by atoms with E-state index in [1.165, 1.54) is 0 Å². The molecule has 2 N–H and O–H groups in total.